The van der Waals surface area contributed by atoms with Crippen LogP contribution >= 0.6 is 0 Å². The van der Waals surface area contributed by atoms with E-state index in [4.69, 9.17) is 10.8 Å². The zero-order valence-electron chi connectivity index (χ0n) is 10.7. The molecule has 0 aromatic carbocycles. The standard InChI is InChI=1S/C11H24N2O2/c1-8(10(2,3)4)13(6)7-11(5,12)9(14)15/h8H,7,12H2,1-6H3,(H,14,15). The highest BCUT2D eigenvalue weighted by atomic mass is 16.4. The average Bonchev–Trinajstić information content (AvgIpc) is 2.00. The second-order valence-corrected chi connectivity index (χ2v) is 5.68. The van der Waals surface area contributed by atoms with Crippen molar-refractivity contribution in [2.24, 2.45) is 11.1 Å². The molecule has 2 unspecified atom stereocenters. The number of aliphatic carboxylic acids is 1. The van der Waals surface area contributed by atoms with Gasteiger partial charge in [0, 0.05) is 12.6 Å². The Morgan fingerprint density at radius 3 is 2.07 bits per heavy atom. The summed E-state index contributed by atoms with van der Waals surface area (Å²) in [6.45, 7) is 10.4. The summed E-state index contributed by atoms with van der Waals surface area (Å²) in [6.07, 6.45) is 0. The Labute approximate surface area is 92.4 Å². The fourth-order valence-electron chi connectivity index (χ4n) is 1.38. The van der Waals surface area contributed by atoms with E-state index in [1.807, 2.05) is 11.9 Å². The van der Waals surface area contributed by atoms with Crippen molar-refractivity contribution in [3.63, 3.8) is 0 Å². The van der Waals surface area contributed by atoms with E-state index >= 15 is 0 Å². The molecule has 0 amide bonds. The molecule has 0 aromatic heterocycles. The highest BCUT2D eigenvalue weighted by molar-refractivity contribution is 5.78. The van der Waals surface area contributed by atoms with Gasteiger partial charge in [-0.15, -0.1) is 0 Å². The van der Waals surface area contributed by atoms with Gasteiger partial charge in [0.15, 0.2) is 0 Å². The Kier molecular flexibility index (Phi) is 4.31. The fourth-order valence-corrected chi connectivity index (χ4v) is 1.38. The van der Waals surface area contributed by atoms with Crippen LogP contribution in [0.4, 0.5) is 0 Å². The van der Waals surface area contributed by atoms with Crippen LogP contribution < -0.4 is 5.73 Å². The third-order valence-electron chi connectivity index (χ3n) is 2.98. The highest BCUT2D eigenvalue weighted by Crippen LogP contribution is 2.23. The molecule has 0 aliphatic rings. The molecule has 0 radical (unpaired) electrons. The molecule has 0 heterocycles. The molecular formula is C11H24N2O2. The van der Waals surface area contributed by atoms with Crippen LogP contribution in [0.1, 0.15) is 34.6 Å². The first kappa shape index (κ1) is 14.4. The first-order chi connectivity index (χ1) is 6.48. The van der Waals surface area contributed by atoms with Crippen molar-refractivity contribution in [1.82, 2.24) is 4.90 Å². The summed E-state index contributed by atoms with van der Waals surface area (Å²) in [5.41, 5.74) is 4.63. The van der Waals surface area contributed by atoms with Gasteiger partial charge >= 0.3 is 5.97 Å². The van der Waals surface area contributed by atoms with Gasteiger partial charge in [-0.25, -0.2) is 0 Å². The number of nitrogens with two attached hydrogens (primary N) is 1. The van der Waals surface area contributed by atoms with Gasteiger partial charge in [0.1, 0.15) is 5.54 Å². The molecule has 15 heavy (non-hydrogen) atoms. The number of carboxylic acid groups (broad SMARTS) is 1. The molecule has 4 nitrogen and oxygen atoms in total. The van der Waals surface area contributed by atoms with Crippen LogP contribution in [0.3, 0.4) is 0 Å². The summed E-state index contributed by atoms with van der Waals surface area (Å²) >= 11 is 0. The van der Waals surface area contributed by atoms with E-state index in [0.717, 1.165) is 0 Å². The SMILES string of the molecule is CC(N(C)CC(C)(N)C(=O)O)C(C)(C)C. The van der Waals surface area contributed by atoms with Gasteiger partial charge in [-0.05, 0) is 26.3 Å². The van der Waals surface area contributed by atoms with Crippen molar-refractivity contribution in [2.45, 2.75) is 46.2 Å². The highest BCUT2D eigenvalue weighted by Gasteiger charge is 2.33. The van der Waals surface area contributed by atoms with Gasteiger partial charge in [0.05, 0.1) is 0 Å². The lowest BCUT2D eigenvalue weighted by Crippen LogP contribution is -2.56. The maximum Gasteiger partial charge on any atom is 0.324 e. The predicted molar refractivity (Wildman–Crippen MR) is 61.8 cm³/mol. The monoisotopic (exact) mass is 216 g/mol. The quantitative estimate of drug-likeness (QED) is 0.740. The van der Waals surface area contributed by atoms with Gasteiger partial charge in [-0.3, -0.25) is 4.79 Å². The second kappa shape index (κ2) is 4.49. The molecule has 0 bridgehead atoms. The Morgan fingerprint density at radius 2 is 1.80 bits per heavy atom. The molecule has 0 aliphatic heterocycles. The Morgan fingerprint density at radius 1 is 1.40 bits per heavy atom. The van der Waals surface area contributed by atoms with E-state index in [2.05, 4.69) is 27.7 Å². The molecule has 3 N–H and O–H groups in total. The maximum absolute atomic E-state index is 10.9. The number of likely N-dealkylation sites (N-methyl/N-ethyl adjacent to an activating group) is 1. The van der Waals surface area contributed by atoms with E-state index in [-0.39, 0.29) is 11.5 Å². The summed E-state index contributed by atoms with van der Waals surface area (Å²) in [5, 5.41) is 8.92. The van der Waals surface area contributed by atoms with Gasteiger partial charge in [-0.2, -0.15) is 0 Å². The largest absolute Gasteiger partial charge is 0.480 e. The van der Waals surface area contributed by atoms with Crippen molar-refractivity contribution >= 4 is 5.97 Å². The summed E-state index contributed by atoms with van der Waals surface area (Å²) < 4.78 is 0. The van der Waals surface area contributed by atoms with Gasteiger partial charge in [0.2, 0.25) is 0 Å². The fraction of sp³-hybridized carbons (Fsp3) is 0.909. The third kappa shape index (κ3) is 4.18. The van der Waals surface area contributed by atoms with Crippen LogP contribution in [0.5, 0.6) is 0 Å². The maximum atomic E-state index is 10.9. The van der Waals surface area contributed by atoms with Gasteiger partial charge in [0.25, 0.3) is 0 Å². The summed E-state index contributed by atoms with van der Waals surface area (Å²) in [6, 6.07) is 0.278. The minimum Gasteiger partial charge on any atom is -0.480 e. The van der Waals surface area contributed by atoms with E-state index < -0.39 is 11.5 Å². The molecule has 0 saturated heterocycles. The minimum atomic E-state index is -1.19. The number of hydrogen-bond donors (Lipinski definition) is 2. The summed E-state index contributed by atoms with van der Waals surface area (Å²) in [4.78, 5) is 12.9. The Bertz CT molecular complexity index is 231. The molecule has 0 aliphatic carbocycles. The normalized spacial score (nSPS) is 18.7. The van der Waals surface area contributed by atoms with Gasteiger partial charge < -0.3 is 15.7 Å². The molecule has 0 rings (SSSR count). The number of rotatable bonds is 4. The van der Waals surface area contributed by atoms with E-state index in [1.54, 1.807) is 6.92 Å². The third-order valence-corrected chi connectivity index (χ3v) is 2.98. The van der Waals surface area contributed by atoms with Crippen molar-refractivity contribution in [2.75, 3.05) is 13.6 Å². The van der Waals surface area contributed by atoms with Gasteiger partial charge in [-0.1, -0.05) is 20.8 Å². The average molecular weight is 216 g/mol. The summed E-state index contributed by atoms with van der Waals surface area (Å²) in [5.74, 6) is -0.963. The zero-order valence-corrected chi connectivity index (χ0v) is 10.7. The van der Waals surface area contributed by atoms with Crippen molar-refractivity contribution in [3.8, 4) is 0 Å². The van der Waals surface area contributed by atoms with Crippen LogP contribution in [0.15, 0.2) is 0 Å². The second-order valence-electron chi connectivity index (χ2n) is 5.68. The smallest absolute Gasteiger partial charge is 0.324 e. The summed E-state index contributed by atoms with van der Waals surface area (Å²) in [7, 11) is 1.91. The van der Waals surface area contributed by atoms with Crippen LogP contribution in [0, 0.1) is 5.41 Å². The predicted octanol–water partition coefficient (Wildman–Crippen LogP) is 1.15. The van der Waals surface area contributed by atoms with Crippen LogP contribution in [-0.2, 0) is 4.79 Å². The molecule has 2 atom stereocenters. The van der Waals surface area contributed by atoms with E-state index in [1.165, 1.54) is 0 Å². The molecule has 4 heteroatoms. The van der Waals surface area contributed by atoms with Crippen molar-refractivity contribution in [3.05, 3.63) is 0 Å². The zero-order chi connectivity index (χ0) is 12.4. The number of nitrogens with zero attached hydrogens (tertiary/aromatic N) is 1. The lowest BCUT2D eigenvalue weighted by atomic mass is 9.86. The number of carbonyl (C=O) groups is 1. The van der Waals surface area contributed by atoms with Crippen LogP contribution in [-0.4, -0.2) is 41.1 Å². The first-order valence-corrected chi connectivity index (χ1v) is 5.21. The first-order valence-electron chi connectivity index (χ1n) is 5.21. The Hall–Kier alpha value is -0.610. The topological polar surface area (TPSA) is 66.6 Å². The van der Waals surface area contributed by atoms with Crippen molar-refractivity contribution in [1.29, 1.82) is 0 Å². The molecule has 90 valence electrons. The van der Waals surface area contributed by atoms with E-state index in [0.29, 0.717) is 6.54 Å². The molecule has 0 aromatic rings. The lowest BCUT2D eigenvalue weighted by Gasteiger charge is -2.38. The Balaban J connectivity index is 4.50. The minimum absolute atomic E-state index is 0.114. The molecule has 0 saturated carbocycles. The molecular weight excluding hydrogens is 192 g/mol. The van der Waals surface area contributed by atoms with Crippen LogP contribution in [0.25, 0.3) is 0 Å². The molecule has 0 spiro atoms. The van der Waals surface area contributed by atoms with Crippen molar-refractivity contribution < 1.29 is 9.90 Å². The van der Waals surface area contributed by atoms with Crippen LogP contribution in [0.2, 0.25) is 0 Å². The number of carboxylic acids is 1. The molecule has 0 fully saturated rings. The number of hydrogen-bond acceptors (Lipinski definition) is 3. The lowest BCUT2D eigenvalue weighted by molar-refractivity contribution is -0.143. The van der Waals surface area contributed by atoms with E-state index in [9.17, 15) is 4.79 Å².